The van der Waals surface area contributed by atoms with Crippen molar-refractivity contribution in [2.24, 2.45) is 4.99 Å². The molecule has 0 spiro atoms. The van der Waals surface area contributed by atoms with Crippen LogP contribution in [0, 0.1) is 0 Å². The first-order chi connectivity index (χ1) is 12.5. The van der Waals surface area contributed by atoms with E-state index in [0.717, 1.165) is 50.5 Å². The monoisotopic (exact) mass is 488 g/mol. The number of piperidine rings is 1. The molecule has 3 N–H and O–H groups in total. The Morgan fingerprint density at radius 1 is 1.37 bits per heavy atom. The number of rotatable bonds is 7. The van der Waals surface area contributed by atoms with E-state index in [1.54, 1.807) is 13.2 Å². The molecule has 0 aliphatic carbocycles. The van der Waals surface area contributed by atoms with Gasteiger partial charge in [-0.05, 0) is 32.8 Å². The Kier molecular flexibility index (Phi) is 10.5. The van der Waals surface area contributed by atoms with Gasteiger partial charge in [-0.1, -0.05) is 24.3 Å². The lowest BCUT2D eigenvalue weighted by Gasteiger charge is -2.33. The molecule has 2 rings (SSSR count). The first kappa shape index (κ1) is 23.6. The molecule has 0 aromatic heterocycles. The Bertz CT molecular complexity index is 628. The molecule has 1 fully saturated rings. The average molecular weight is 488 g/mol. The summed E-state index contributed by atoms with van der Waals surface area (Å²) in [4.78, 5) is 7.08. The molecule has 152 valence electrons. The van der Waals surface area contributed by atoms with Gasteiger partial charge in [0.1, 0.15) is 0 Å². The van der Waals surface area contributed by atoms with Crippen LogP contribution in [0.5, 0.6) is 11.5 Å². The van der Waals surface area contributed by atoms with Crippen LogP contribution in [0.1, 0.15) is 32.3 Å². The summed E-state index contributed by atoms with van der Waals surface area (Å²) in [5.74, 6) is 1.41. The molecule has 6 nitrogen and oxygen atoms in total. The van der Waals surface area contributed by atoms with Crippen LogP contribution >= 0.6 is 24.0 Å². The lowest BCUT2D eigenvalue weighted by molar-refractivity contribution is 0.221. The fraction of sp³-hybridized carbons (Fsp3) is 0.550. The third-order valence-corrected chi connectivity index (χ3v) is 4.48. The maximum absolute atomic E-state index is 10.2. The van der Waals surface area contributed by atoms with Crippen molar-refractivity contribution in [3.63, 3.8) is 0 Å². The highest BCUT2D eigenvalue weighted by atomic mass is 127. The summed E-state index contributed by atoms with van der Waals surface area (Å²) in [6, 6.07) is 5.88. The zero-order valence-electron chi connectivity index (χ0n) is 16.6. The SMILES string of the molecule is C=C(C)CN1CCC(NC(=NCc2cccc(OC)c2O)NCC)CC1.I. The second-order valence-electron chi connectivity index (χ2n) is 6.82. The Labute approximate surface area is 180 Å². The number of phenols is 1. The number of aromatic hydroxyl groups is 1. The summed E-state index contributed by atoms with van der Waals surface area (Å²) in [6.45, 7) is 12.4. The van der Waals surface area contributed by atoms with Crippen molar-refractivity contribution in [3.8, 4) is 11.5 Å². The van der Waals surface area contributed by atoms with Gasteiger partial charge < -0.3 is 20.5 Å². The molecule has 1 aromatic carbocycles. The number of phenolic OH excluding ortho intramolecular Hbond substituents is 1. The summed E-state index contributed by atoms with van der Waals surface area (Å²) >= 11 is 0. The second kappa shape index (κ2) is 12.1. The summed E-state index contributed by atoms with van der Waals surface area (Å²) < 4.78 is 5.16. The average Bonchev–Trinajstić information content (AvgIpc) is 2.62. The molecule has 1 aliphatic heterocycles. The zero-order chi connectivity index (χ0) is 18.9. The van der Waals surface area contributed by atoms with Gasteiger partial charge >= 0.3 is 0 Å². The largest absolute Gasteiger partial charge is 0.504 e. The molecule has 0 radical (unpaired) electrons. The number of hydrogen-bond donors (Lipinski definition) is 3. The van der Waals surface area contributed by atoms with Crippen LogP contribution in [-0.2, 0) is 6.54 Å². The number of para-hydroxylation sites is 1. The molecule has 0 atom stereocenters. The Hall–Kier alpha value is -1.48. The smallest absolute Gasteiger partial charge is 0.191 e. The maximum atomic E-state index is 10.2. The van der Waals surface area contributed by atoms with Crippen molar-refractivity contribution in [2.75, 3.05) is 33.3 Å². The highest BCUT2D eigenvalue weighted by molar-refractivity contribution is 14.0. The van der Waals surface area contributed by atoms with E-state index in [2.05, 4.69) is 41.0 Å². The van der Waals surface area contributed by atoms with Crippen LogP contribution in [0.15, 0.2) is 35.3 Å². The Morgan fingerprint density at radius 3 is 2.67 bits per heavy atom. The van der Waals surface area contributed by atoms with Gasteiger partial charge in [0.2, 0.25) is 0 Å². The Balaban J connectivity index is 0.00000364. The molecule has 0 bridgehead atoms. The number of nitrogens with one attached hydrogen (secondary N) is 2. The number of aliphatic imine (C=N–C) groups is 1. The van der Waals surface area contributed by atoms with Crippen molar-refractivity contribution in [1.29, 1.82) is 0 Å². The fourth-order valence-corrected chi connectivity index (χ4v) is 3.15. The summed E-state index contributed by atoms with van der Waals surface area (Å²) in [5, 5.41) is 17.0. The van der Waals surface area contributed by atoms with Crippen molar-refractivity contribution in [2.45, 2.75) is 39.3 Å². The lowest BCUT2D eigenvalue weighted by Crippen LogP contribution is -2.48. The van der Waals surface area contributed by atoms with Gasteiger partial charge in [-0.25, -0.2) is 4.99 Å². The van der Waals surface area contributed by atoms with Crippen LogP contribution in [0.4, 0.5) is 0 Å². The molecule has 1 aromatic rings. The first-order valence-electron chi connectivity index (χ1n) is 9.30. The summed E-state index contributed by atoms with van der Waals surface area (Å²) in [6.07, 6.45) is 2.17. The number of guanidine groups is 1. The van der Waals surface area contributed by atoms with E-state index in [9.17, 15) is 5.11 Å². The number of halogens is 1. The molecule has 0 saturated carbocycles. The van der Waals surface area contributed by atoms with Crippen LogP contribution in [0.3, 0.4) is 0 Å². The lowest BCUT2D eigenvalue weighted by atomic mass is 10.0. The van der Waals surface area contributed by atoms with E-state index in [0.29, 0.717) is 18.3 Å². The van der Waals surface area contributed by atoms with Crippen molar-refractivity contribution in [1.82, 2.24) is 15.5 Å². The van der Waals surface area contributed by atoms with Gasteiger partial charge in [0.05, 0.1) is 13.7 Å². The molecule has 27 heavy (non-hydrogen) atoms. The minimum absolute atomic E-state index is 0. The van der Waals surface area contributed by atoms with Gasteiger partial charge in [0.25, 0.3) is 0 Å². The van der Waals surface area contributed by atoms with E-state index in [4.69, 9.17) is 4.74 Å². The quantitative estimate of drug-likeness (QED) is 0.238. The fourth-order valence-electron chi connectivity index (χ4n) is 3.15. The molecule has 1 heterocycles. The highest BCUT2D eigenvalue weighted by Crippen LogP contribution is 2.29. The summed E-state index contributed by atoms with van der Waals surface area (Å²) in [5.41, 5.74) is 1.96. The van der Waals surface area contributed by atoms with E-state index in [1.807, 2.05) is 12.1 Å². The zero-order valence-corrected chi connectivity index (χ0v) is 19.0. The third kappa shape index (κ3) is 7.57. The standard InChI is InChI=1S/C20H32N4O2.HI/c1-5-21-20(22-13-16-7-6-8-18(26-4)19(16)25)23-17-9-11-24(12-10-17)14-15(2)3;/h6-8,17,25H,2,5,9-14H2,1,3-4H3,(H2,21,22,23);1H. The molecule has 0 amide bonds. The number of hydrogen-bond acceptors (Lipinski definition) is 4. The molecule has 1 aliphatic rings. The minimum atomic E-state index is 0. The predicted molar refractivity (Wildman–Crippen MR) is 122 cm³/mol. The molecule has 0 unspecified atom stereocenters. The number of ether oxygens (including phenoxy) is 1. The first-order valence-corrected chi connectivity index (χ1v) is 9.30. The van der Waals surface area contributed by atoms with E-state index < -0.39 is 0 Å². The second-order valence-corrected chi connectivity index (χ2v) is 6.82. The Morgan fingerprint density at radius 2 is 2.07 bits per heavy atom. The van der Waals surface area contributed by atoms with Gasteiger partial charge in [0, 0.05) is 37.8 Å². The number of benzene rings is 1. The van der Waals surface area contributed by atoms with E-state index in [-0.39, 0.29) is 29.7 Å². The van der Waals surface area contributed by atoms with Crippen LogP contribution in [-0.4, -0.2) is 55.3 Å². The van der Waals surface area contributed by atoms with Crippen LogP contribution in [0.2, 0.25) is 0 Å². The van der Waals surface area contributed by atoms with Crippen molar-refractivity contribution in [3.05, 3.63) is 35.9 Å². The van der Waals surface area contributed by atoms with Gasteiger partial charge in [-0.2, -0.15) is 0 Å². The summed E-state index contributed by atoms with van der Waals surface area (Å²) in [7, 11) is 1.55. The van der Waals surface area contributed by atoms with Crippen molar-refractivity contribution >= 4 is 29.9 Å². The van der Waals surface area contributed by atoms with Crippen LogP contribution < -0.4 is 15.4 Å². The molecular formula is C20H33IN4O2. The molecule has 7 heteroatoms. The van der Waals surface area contributed by atoms with Crippen LogP contribution in [0.25, 0.3) is 0 Å². The molecular weight excluding hydrogens is 455 g/mol. The van der Waals surface area contributed by atoms with Gasteiger partial charge in [-0.15, -0.1) is 24.0 Å². The maximum Gasteiger partial charge on any atom is 0.191 e. The van der Waals surface area contributed by atoms with E-state index >= 15 is 0 Å². The topological polar surface area (TPSA) is 69.1 Å². The molecule has 1 saturated heterocycles. The van der Waals surface area contributed by atoms with Crippen molar-refractivity contribution < 1.29 is 9.84 Å². The minimum Gasteiger partial charge on any atom is -0.504 e. The number of likely N-dealkylation sites (tertiary alicyclic amines) is 1. The van der Waals surface area contributed by atoms with E-state index in [1.165, 1.54) is 5.57 Å². The highest BCUT2D eigenvalue weighted by Gasteiger charge is 2.19. The van der Waals surface area contributed by atoms with Gasteiger partial charge in [0.15, 0.2) is 17.5 Å². The van der Waals surface area contributed by atoms with Gasteiger partial charge in [-0.3, -0.25) is 4.90 Å². The normalized spacial score (nSPS) is 15.7. The number of methoxy groups -OCH3 is 1. The number of nitrogens with zero attached hydrogens (tertiary/aromatic N) is 2. The third-order valence-electron chi connectivity index (χ3n) is 4.48. The predicted octanol–water partition coefficient (Wildman–Crippen LogP) is 3.11.